The summed E-state index contributed by atoms with van der Waals surface area (Å²) in [6.45, 7) is 7.24. The Labute approximate surface area is 309 Å². The number of rotatable bonds is 22. The molecule has 4 aliphatic rings. The Morgan fingerprint density at radius 1 is 1.06 bits per heavy atom. The lowest BCUT2D eigenvalue weighted by Crippen LogP contribution is -2.70. The number of carbonyl (C=O) groups is 1. The number of phenolic OH excluding ortho intramolecular Hbond substituents is 1. The molecule has 6 atom stereocenters. The number of aliphatic hydroxyl groups is 3. The van der Waals surface area contributed by atoms with Crippen LogP contribution in [0.2, 0.25) is 0 Å². The number of unbranched alkanes of at least 4 members (excludes halogenated alkanes) is 2. The van der Waals surface area contributed by atoms with Crippen LogP contribution in [0.1, 0.15) is 102 Å². The maximum Gasteiger partial charge on any atom is 0.239 e. The van der Waals surface area contributed by atoms with Gasteiger partial charge in [-0.25, -0.2) is 0 Å². The molecule has 11 heteroatoms. The summed E-state index contributed by atoms with van der Waals surface area (Å²) in [5.74, 6) is -0.457. The Morgan fingerprint density at radius 3 is 2.54 bits per heavy atom. The molecule has 2 saturated carbocycles. The van der Waals surface area contributed by atoms with Crippen LogP contribution in [-0.2, 0) is 19.1 Å². The van der Waals surface area contributed by atoms with Crippen LogP contribution in [0, 0.1) is 23.7 Å². The molecule has 0 bridgehead atoms. The van der Waals surface area contributed by atoms with E-state index in [1.54, 1.807) is 24.3 Å². The van der Waals surface area contributed by atoms with Crippen LogP contribution in [0.5, 0.6) is 11.5 Å². The fourth-order valence-corrected chi connectivity index (χ4v) is 9.35. The van der Waals surface area contributed by atoms with E-state index in [-0.39, 0.29) is 75.6 Å². The van der Waals surface area contributed by atoms with Crippen molar-refractivity contribution in [3.63, 3.8) is 0 Å². The molecule has 4 N–H and O–H groups in total. The zero-order valence-corrected chi connectivity index (χ0v) is 31.1. The van der Waals surface area contributed by atoms with Crippen molar-refractivity contribution >= 4 is 11.6 Å². The summed E-state index contributed by atoms with van der Waals surface area (Å²) in [6, 6.07) is 4.63. The molecule has 11 nitrogen and oxygen atoms in total. The number of nitrogens with zero attached hydrogens (tertiary/aromatic N) is 2. The molecule has 1 aromatic rings. The first kappa shape index (κ1) is 40.2. The fourth-order valence-electron chi connectivity index (χ4n) is 9.35. The third-order valence-electron chi connectivity index (χ3n) is 11.6. The number of fused-ring (bicyclic) bond motifs is 2. The van der Waals surface area contributed by atoms with Crippen LogP contribution >= 0.6 is 0 Å². The van der Waals surface area contributed by atoms with Crippen molar-refractivity contribution in [2.45, 2.75) is 108 Å². The van der Waals surface area contributed by atoms with E-state index in [4.69, 9.17) is 24.2 Å². The summed E-state index contributed by atoms with van der Waals surface area (Å²) < 4.78 is 19.9. The highest BCUT2D eigenvalue weighted by Crippen LogP contribution is 2.62. The third kappa shape index (κ3) is 9.21. The van der Waals surface area contributed by atoms with Gasteiger partial charge in [0.1, 0.15) is 24.1 Å². The topological polar surface area (TPSA) is 151 Å². The second-order valence-electron chi connectivity index (χ2n) is 14.8. The van der Waals surface area contributed by atoms with Crippen LogP contribution in [-0.4, -0.2) is 102 Å². The number of allylic oxidation sites excluding steroid dienone is 1. The largest absolute Gasteiger partial charge is 0.508 e. The maximum atomic E-state index is 14.6. The van der Waals surface area contributed by atoms with Gasteiger partial charge in [-0.05, 0) is 80.6 Å². The first-order valence-corrected chi connectivity index (χ1v) is 19.8. The number of hydrogen-bond donors (Lipinski definition) is 4. The molecule has 1 heterocycles. The number of benzene rings is 1. The number of hydrogen-bond acceptors (Lipinski definition) is 10. The molecule has 52 heavy (non-hydrogen) atoms. The Hall–Kier alpha value is -2.96. The van der Waals surface area contributed by atoms with Crippen LogP contribution in [0.15, 0.2) is 47.7 Å². The van der Waals surface area contributed by atoms with Crippen LogP contribution in [0.4, 0.5) is 0 Å². The van der Waals surface area contributed by atoms with E-state index < -0.39 is 17.7 Å². The summed E-state index contributed by atoms with van der Waals surface area (Å²) in [5.41, 5.74) is 2.60. The fraction of sp³-hybridized carbons (Fsp3) is 0.707. The monoisotopic (exact) mass is 726 g/mol. The highest BCUT2D eigenvalue weighted by molar-refractivity contribution is 6.03. The van der Waals surface area contributed by atoms with Gasteiger partial charge in [0.05, 0.1) is 38.1 Å². The van der Waals surface area contributed by atoms with Gasteiger partial charge >= 0.3 is 0 Å². The molecule has 290 valence electrons. The normalized spacial score (nSPS) is 27.4. The van der Waals surface area contributed by atoms with Crippen molar-refractivity contribution in [1.29, 1.82) is 0 Å². The first-order valence-electron chi connectivity index (χ1n) is 19.8. The number of phenols is 1. The van der Waals surface area contributed by atoms with Gasteiger partial charge in [0.25, 0.3) is 0 Å². The molecule has 6 unspecified atom stereocenters. The summed E-state index contributed by atoms with van der Waals surface area (Å²) in [7, 11) is 0. The van der Waals surface area contributed by atoms with Gasteiger partial charge < -0.3 is 44.4 Å². The highest BCUT2D eigenvalue weighted by Gasteiger charge is 2.65. The first-order chi connectivity index (χ1) is 25.4. The summed E-state index contributed by atoms with van der Waals surface area (Å²) in [4.78, 5) is 22.3. The average Bonchev–Trinajstić information content (AvgIpc) is 3.68. The lowest BCUT2D eigenvalue weighted by atomic mass is 9.55. The lowest BCUT2D eigenvalue weighted by Gasteiger charge is -2.60. The number of aromatic hydroxyl groups is 1. The van der Waals surface area contributed by atoms with Gasteiger partial charge in [0, 0.05) is 44.1 Å². The molecule has 0 saturated heterocycles. The molecule has 2 fully saturated rings. The number of ether oxygens (including phenoxy) is 3. The van der Waals surface area contributed by atoms with E-state index >= 15 is 0 Å². The van der Waals surface area contributed by atoms with E-state index in [0.717, 1.165) is 61.8 Å². The quantitative estimate of drug-likeness (QED) is 0.0656. The van der Waals surface area contributed by atoms with E-state index in [9.17, 15) is 25.2 Å². The predicted molar refractivity (Wildman–Crippen MR) is 199 cm³/mol. The molecular weight excluding hydrogens is 664 g/mol. The zero-order valence-electron chi connectivity index (χ0n) is 31.1. The summed E-state index contributed by atoms with van der Waals surface area (Å²) in [5, 5.41) is 44.6. The Bertz CT molecular complexity index is 1360. The molecule has 1 amide bonds. The standard InChI is InChI=1S/C41H62N2O9/c1-3-23-50-41-37(43(19-24-49-25-22-46)38(48)18-15-29-11-5-6-12-29)28-35(42-51-4-2)33-26-30(13-7-9-20-44)32(14-8-10-21-45)39(40(33)41)34-27-31(47)16-17-36(34)52-41/h3,16-17,26-27,29-30,32,37,39-40,44-47H,1,4-15,18-25,28H2,2H3. The average molecular weight is 727 g/mol. The molecule has 3 aliphatic carbocycles. The third-order valence-corrected chi connectivity index (χ3v) is 11.6. The number of aliphatic hydroxyl groups excluding tert-OH is 3. The minimum absolute atomic E-state index is 0.00287. The van der Waals surface area contributed by atoms with Gasteiger partial charge in [-0.1, -0.05) is 55.8 Å². The van der Waals surface area contributed by atoms with E-state index in [1.807, 2.05) is 11.8 Å². The van der Waals surface area contributed by atoms with Crippen LogP contribution in [0.25, 0.3) is 0 Å². The van der Waals surface area contributed by atoms with Crippen LogP contribution in [0.3, 0.4) is 0 Å². The van der Waals surface area contributed by atoms with Crippen molar-refractivity contribution in [1.82, 2.24) is 4.90 Å². The molecule has 1 aliphatic heterocycles. The molecule has 1 aromatic carbocycles. The SMILES string of the molecule is C=CCOC12Oc3ccc(O)cc3C3C(CCCCO)C(CCCCO)C=C(C(=NOCC)CC1N(CCOCCO)C(=O)CCC1CCCC1)C32. The minimum atomic E-state index is -1.34. The van der Waals surface area contributed by atoms with Gasteiger partial charge in [-0.15, -0.1) is 6.58 Å². The summed E-state index contributed by atoms with van der Waals surface area (Å²) in [6.07, 6.45) is 15.0. The number of oxime groups is 1. The van der Waals surface area contributed by atoms with Crippen molar-refractivity contribution in [2.24, 2.45) is 28.8 Å². The zero-order chi connectivity index (χ0) is 36.9. The van der Waals surface area contributed by atoms with E-state index in [1.165, 1.54) is 12.8 Å². The smallest absolute Gasteiger partial charge is 0.239 e. The molecule has 5 rings (SSSR count). The number of carbonyl (C=O) groups excluding carboxylic acids is 1. The molecule has 0 aromatic heterocycles. The Morgan fingerprint density at radius 2 is 1.83 bits per heavy atom. The van der Waals surface area contributed by atoms with Gasteiger partial charge in [-0.3, -0.25) is 4.79 Å². The van der Waals surface area contributed by atoms with Crippen molar-refractivity contribution in [3.8, 4) is 11.5 Å². The predicted octanol–water partition coefficient (Wildman–Crippen LogP) is 5.85. The van der Waals surface area contributed by atoms with Crippen molar-refractivity contribution in [2.75, 3.05) is 52.8 Å². The number of amides is 1. The molecule has 0 spiro atoms. The molecule has 0 radical (unpaired) electrons. The van der Waals surface area contributed by atoms with E-state index in [0.29, 0.717) is 44.0 Å². The highest BCUT2D eigenvalue weighted by atomic mass is 16.7. The molecular formula is C41H62N2O9. The van der Waals surface area contributed by atoms with Crippen LogP contribution < -0.4 is 4.74 Å². The van der Waals surface area contributed by atoms with Crippen molar-refractivity contribution < 1.29 is 44.3 Å². The van der Waals surface area contributed by atoms with Gasteiger partial charge in [0.15, 0.2) is 0 Å². The summed E-state index contributed by atoms with van der Waals surface area (Å²) >= 11 is 0. The second kappa shape index (κ2) is 19.9. The maximum absolute atomic E-state index is 14.6. The van der Waals surface area contributed by atoms with Crippen molar-refractivity contribution in [3.05, 3.63) is 48.1 Å². The Balaban J connectivity index is 1.69. The minimum Gasteiger partial charge on any atom is -0.508 e. The lowest BCUT2D eigenvalue weighted by molar-refractivity contribution is -0.258. The Kier molecular flexibility index (Phi) is 15.4. The van der Waals surface area contributed by atoms with E-state index in [2.05, 4.69) is 12.7 Å². The van der Waals surface area contributed by atoms with Gasteiger partial charge in [0.2, 0.25) is 11.7 Å². The second-order valence-corrected chi connectivity index (χ2v) is 14.8. The van der Waals surface area contributed by atoms with Gasteiger partial charge in [-0.2, -0.15) is 0 Å².